The standard InChI is InChI=1S/C17H29NO2/c1-6-19-12-14(4)18-15(5)16-7-9-17(10-8-16)20-11-13(2)3/h7-10,13-15,18H,6,11-12H2,1-5H3. The average Bonchev–Trinajstić information content (AvgIpc) is 2.43. The fourth-order valence-electron chi connectivity index (χ4n) is 1.98. The van der Waals surface area contributed by atoms with Crippen LogP contribution in [0.25, 0.3) is 0 Å². The van der Waals surface area contributed by atoms with Gasteiger partial charge in [-0.15, -0.1) is 0 Å². The van der Waals surface area contributed by atoms with E-state index in [-0.39, 0.29) is 0 Å². The van der Waals surface area contributed by atoms with Crippen LogP contribution >= 0.6 is 0 Å². The van der Waals surface area contributed by atoms with Crippen LogP contribution in [0.5, 0.6) is 5.75 Å². The number of hydrogen-bond acceptors (Lipinski definition) is 3. The van der Waals surface area contributed by atoms with Gasteiger partial charge in [0.25, 0.3) is 0 Å². The van der Waals surface area contributed by atoms with Crippen molar-refractivity contribution >= 4 is 0 Å². The molecule has 1 rings (SSSR count). The van der Waals surface area contributed by atoms with Crippen LogP contribution in [-0.4, -0.2) is 25.9 Å². The summed E-state index contributed by atoms with van der Waals surface area (Å²) in [5.74, 6) is 1.49. The van der Waals surface area contributed by atoms with Crippen molar-refractivity contribution in [2.75, 3.05) is 19.8 Å². The average molecular weight is 279 g/mol. The molecule has 0 spiro atoms. The van der Waals surface area contributed by atoms with E-state index < -0.39 is 0 Å². The molecule has 1 aromatic rings. The van der Waals surface area contributed by atoms with Crippen molar-refractivity contribution in [3.8, 4) is 5.75 Å². The molecule has 0 bridgehead atoms. The SMILES string of the molecule is CCOCC(C)NC(C)c1ccc(OCC(C)C)cc1. The van der Waals surface area contributed by atoms with E-state index in [1.165, 1.54) is 5.56 Å². The maximum Gasteiger partial charge on any atom is 0.119 e. The van der Waals surface area contributed by atoms with Gasteiger partial charge in [0.2, 0.25) is 0 Å². The zero-order valence-corrected chi connectivity index (χ0v) is 13.5. The normalized spacial score (nSPS) is 14.3. The Balaban J connectivity index is 2.46. The molecule has 0 aliphatic rings. The lowest BCUT2D eigenvalue weighted by atomic mass is 10.1. The lowest BCUT2D eigenvalue weighted by Crippen LogP contribution is -2.32. The van der Waals surface area contributed by atoms with Crippen LogP contribution in [0.4, 0.5) is 0 Å². The molecule has 1 aromatic carbocycles. The number of ether oxygens (including phenoxy) is 2. The van der Waals surface area contributed by atoms with Crippen molar-refractivity contribution in [1.29, 1.82) is 0 Å². The molecule has 0 aromatic heterocycles. The highest BCUT2D eigenvalue weighted by Crippen LogP contribution is 2.18. The molecule has 0 fully saturated rings. The van der Waals surface area contributed by atoms with Gasteiger partial charge in [0.1, 0.15) is 5.75 Å². The maximum absolute atomic E-state index is 5.70. The highest BCUT2D eigenvalue weighted by atomic mass is 16.5. The molecular weight excluding hydrogens is 250 g/mol. The van der Waals surface area contributed by atoms with Crippen LogP contribution in [0.2, 0.25) is 0 Å². The predicted octanol–water partition coefficient (Wildman–Crippen LogP) is 3.80. The first-order valence-electron chi connectivity index (χ1n) is 7.59. The third kappa shape index (κ3) is 6.40. The van der Waals surface area contributed by atoms with Gasteiger partial charge in [-0.3, -0.25) is 0 Å². The van der Waals surface area contributed by atoms with E-state index in [2.05, 4.69) is 45.1 Å². The Morgan fingerprint density at radius 2 is 1.65 bits per heavy atom. The molecule has 3 nitrogen and oxygen atoms in total. The monoisotopic (exact) mass is 279 g/mol. The van der Waals surface area contributed by atoms with E-state index in [0.717, 1.165) is 25.6 Å². The van der Waals surface area contributed by atoms with Crippen LogP contribution in [0.1, 0.15) is 46.2 Å². The summed E-state index contributed by atoms with van der Waals surface area (Å²) in [4.78, 5) is 0. The Bertz CT molecular complexity index is 362. The zero-order chi connectivity index (χ0) is 15.0. The van der Waals surface area contributed by atoms with Gasteiger partial charge < -0.3 is 14.8 Å². The molecular formula is C17H29NO2. The van der Waals surface area contributed by atoms with Gasteiger partial charge in [0, 0.05) is 18.7 Å². The van der Waals surface area contributed by atoms with Gasteiger partial charge in [0.05, 0.1) is 13.2 Å². The third-order valence-electron chi connectivity index (χ3n) is 3.07. The molecule has 1 N–H and O–H groups in total. The molecule has 0 heterocycles. The largest absolute Gasteiger partial charge is 0.493 e. The van der Waals surface area contributed by atoms with Crippen molar-refractivity contribution in [1.82, 2.24) is 5.32 Å². The Morgan fingerprint density at radius 3 is 2.20 bits per heavy atom. The van der Waals surface area contributed by atoms with E-state index in [9.17, 15) is 0 Å². The second-order valence-corrected chi connectivity index (χ2v) is 5.72. The van der Waals surface area contributed by atoms with Crippen LogP contribution in [0, 0.1) is 5.92 Å². The highest BCUT2D eigenvalue weighted by molar-refractivity contribution is 5.29. The van der Waals surface area contributed by atoms with Gasteiger partial charge in [0.15, 0.2) is 0 Å². The summed E-state index contributed by atoms with van der Waals surface area (Å²) in [6.45, 7) is 12.9. The number of hydrogen-bond donors (Lipinski definition) is 1. The molecule has 114 valence electrons. The summed E-state index contributed by atoms with van der Waals surface area (Å²) in [6.07, 6.45) is 0. The molecule has 0 aliphatic heterocycles. The van der Waals surface area contributed by atoms with E-state index in [4.69, 9.17) is 9.47 Å². The molecule has 0 saturated heterocycles. The van der Waals surface area contributed by atoms with Gasteiger partial charge >= 0.3 is 0 Å². The van der Waals surface area contributed by atoms with Gasteiger partial charge in [-0.25, -0.2) is 0 Å². The Hall–Kier alpha value is -1.06. The Morgan fingerprint density at radius 1 is 1.00 bits per heavy atom. The van der Waals surface area contributed by atoms with Crippen molar-refractivity contribution in [3.05, 3.63) is 29.8 Å². The van der Waals surface area contributed by atoms with Crippen molar-refractivity contribution < 1.29 is 9.47 Å². The van der Waals surface area contributed by atoms with Crippen LogP contribution in [-0.2, 0) is 4.74 Å². The zero-order valence-electron chi connectivity index (χ0n) is 13.5. The second-order valence-electron chi connectivity index (χ2n) is 5.72. The van der Waals surface area contributed by atoms with E-state index in [1.807, 2.05) is 19.1 Å². The van der Waals surface area contributed by atoms with Crippen molar-refractivity contribution in [2.45, 2.75) is 46.7 Å². The first kappa shape index (κ1) is 17.0. The number of benzene rings is 1. The first-order chi connectivity index (χ1) is 9.52. The maximum atomic E-state index is 5.70. The molecule has 3 heteroatoms. The van der Waals surface area contributed by atoms with Gasteiger partial charge in [-0.05, 0) is 44.4 Å². The van der Waals surface area contributed by atoms with E-state index in [1.54, 1.807) is 0 Å². The number of nitrogens with one attached hydrogen (secondary N) is 1. The predicted molar refractivity (Wildman–Crippen MR) is 84.3 cm³/mol. The minimum Gasteiger partial charge on any atom is -0.493 e. The van der Waals surface area contributed by atoms with Crippen LogP contribution in [0.3, 0.4) is 0 Å². The smallest absolute Gasteiger partial charge is 0.119 e. The van der Waals surface area contributed by atoms with Gasteiger partial charge in [-0.2, -0.15) is 0 Å². The Labute approximate surface area is 123 Å². The summed E-state index contributed by atoms with van der Waals surface area (Å²) >= 11 is 0. The molecule has 2 unspecified atom stereocenters. The molecule has 0 radical (unpaired) electrons. The van der Waals surface area contributed by atoms with Crippen molar-refractivity contribution in [3.63, 3.8) is 0 Å². The summed E-state index contributed by atoms with van der Waals surface area (Å²) in [5, 5.41) is 3.53. The minimum atomic E-state index is 0.310. The highest BCUT2D eigenvalue weighted by Gasteiger charge is 2.09. The van der Waals surface area contributed by atoms with Crippen molar-refractivity contribution in [2.24, 2.45) is 5.92 Å². The topological polar surface area (TPSA) is 30.5 Å². The summed E-state index contributed by atoms with van der Waals surface area (Å²) < 4.78 is 11.1. The fraction of sp³-hybridized carbons (Fsp3) is 0.647. The van der Waals surface area contributed by atoms with Crippen LogP contribution in [0.15, 0.2) is 24.3 Å². The lowest BCUT2D eigenvalue weighted by Gasteiger charge is -2.20. The Kier molecular flexibility index (Phi) is 7.63. The van der Waals surface area contributed by atoms with Crippen LogP contribution < -0.4 is 10.1 Å². The first-order valence-corrected chi connectivity index (χ1v) is 7.59. The molecule has 0 aliphatic carbocycles. The molecule has 2 atom stereocenters. The third-order valence-corrected chi connectivity index (χ3v) is 3.07. The molecule has 0 amide bonds. The molecule has 0 saturated carbocycles. The summed E-state index contributed by atoms with van der Waals surface area (Å²) in [7, 11) is 0. The summed E-state index contributed by atoms with van der Waals surface area (Å²) in [6, 6.07) is 9.00. The van der Waals surface area contributed by atoms with E-state index in [0.29, 0.717) is 18.0 Å². The second kappa shape index (κ2) is 8.98. The quantitative estimate of drug-likeness (QED) is 0.746. The molecule has 20 heavy (non-hydrogen) atoms. The van der Waals surface area contributed by atoms with E-state index >= 15 is 0 Å². The number of rotatable bonds is 9. The van der Waals surface area contributed by atoms with Gasteiger partial charge in [-0.1, -0.05) is 26.0 Å². The fourth-order valence-corrected chi connectivity index (χ4v) is 1.98. The lowest BCUT2D eigenvalue weighted by molar-refractivity contribution is 0.124. The minimum absolute atomic E-state index is 0.310. The summed E-state index contributed by atoms with van der Waals surface area (Å²) in [5.41, 5.74) is 1.27.